The second kappa shape index (κ2) is 5.21. The first-order chi connectivity index (χ1) is 7.11. The standard InChI is InChI=1S/C11H22N2OS/c1-4-9(7-15-3)13(2)10(14)11(8-12)5-6-11/h9H,4-8,12H2,1-3H3. The summed E-state index contributed by atoms with van der Waals surface area (Å²) in [5.41, 5.74) is 5.48. The van der Waals surface area contributed by atoms with E-state index in [4.69, 9.17) is 5.73 Å². The molecular weight excluding hydrogens is 208 g/mol. The van der Waals surface area contributed by atoms with Gasteiger partial charge in [0.05, 0.1) is 5.41 Å². The first kappa shape index (κ1) is 12.8. The van der Waals surface area contributed by atoms with E-state index in [1.807, 2.05) is 11.9 Å². The Balaban J connectivity index is 2.58. The van der Waals surface area contributed by atoms with Crippen molar-refractivity contribution < 1.29 is 4.79 Å². The third kappa shape index (κ3) is 2.67. The number of amides is 1. The van der Waals surface area contributed by atoms with Gasteiger partial charge < -0.3 is 10.6 Å². The largest absolute Gasteiger partial charge is 0.341 e. The van der Waals surface area contributed by atoms with Crippen LogP contribution in [0.25, 0.3) is 0 Å². The Morgan fingerprint density at radius 1 is 1.60 bits per heavy atom. The highest BCUT2D eigenvalue weighted by Gasteiger charge is 2.50. The van der Waals surface area contributed by atoms with Gasteiger partial charge in [0.25, 0.3) is 0 Å². The van der Waals surface area contributed by atoms with Crippen molar-refractivity contribution in [1.82, 2.24) is 4.90 Å². The number of thioether (sulfide) groups is 1. The molecule has 1 rings (SSSR count). The number of carbonyl (C=O) groups excluding carboxylic acids is 1. The summed E-state index contributed by atoms with van der Waals surface area (Å²) in [5.74, 6) is 1.27. The Kier molecular flexibility index (Phi) is 4.46. The molecule has 88 valence electrons. The predicted molar refractivity (Wildman–Crippen MR) is 66.0 cm³/mol. The zero-order valence-corrected chi connectivity index (χ0v) is 10.8. The normalized spacial score (nSPS) is 19.7. The zero-order chi connectivity index (χ0) is 11.5. The van der Waals surface area contributed by atoms with Gasteiger partial charge in [-0.1, -0.05) is 6.92 Å². The summed E-state index contributed by atoms with van der Waals surface area (Å²) in [4.78, 5) is 14.1. The molecule has 1 aliphatic rings. The van der Waals surface area contributed by atoms with Crippen molar-refractivity contribution in [2.45, 2.75) is 32.2 Å². The molecule has 0 spiro atoms. The molecule has 1 aliphatic carbocycles. The van der Waals surface area contributed by atoms with Gasteiger partial charge in [-0.2, -0.15) is 11.8 Å². The summed E-state index contributed by atoms with van der Waals surface area (Å²) < 4.78 is 0. The van der Waals surface area contributed by atoms with Gasteiger partial charge in [0.15, 0.2) is 0 Å². The predicted octanol–water partition coefficient (Wildman–Crippen LogP) is 1.33. The van der Waals surface area contributed by atoms with Crippen molar-refractivity contribution >= 4 is 17.7 Å². The number of carbonyl (C=O) groups is 1. The van der Waals surface area contributed by atoms with Crippen LogP contribution in [-0.4, -0.2) is 42.4 Å². The van der Waals surface area contributed by atoms with Crippen LogP contribution in [0.5, 0.6) is 0 Å². The van der Waals surface area contributed by atoms with E-state index in [1.54, 1.807) is 11.8 Å². The van der Waals surface area contributed by atoms with Gasteiger partial charge in [0, 0.05) is 25.4 Å². The van der Waals surface area contributed by atoms with Gasteiger partial charge >= 0.3 is 0 Å². The molecule has 0 aromatic carbocycles. The quantitative estimate of drug-likeness (QED) is 0.748. The second-order valence-electron chi connectivity index (χ2n) is 4.42. The SMILES string of the molecule is CCC(CSC)N(C)C(=O)C1(CN)CC1. The van der Waals surface area contributed by atoms with Gasteiger partial charge in [-0.3, -0.25) is 4.79 Å². The minimum atomic E-state index is -0.194. The number of rotatable bonds is 6. The molecule has 15 heavy (non-hydrogen) atoms. The number of hydrogen-bond donors (Lipinski definition) is 1. The number of hydrogen-bond acceptors (Lipinski definition) is 3. The van der Waals surface area contributed by atoms with Crippen molar-refractivity contribution in [2.24, 2.45) is 11.1 Å². The van der Waals surface area contributed by atoms with Gasteiger partial charge in [-0.25, -0.2) is 0 Å². The van der Waals surface area contributed by atoms with Crippen molar-refractivity contribution in [3.05, 3.63) is 0 Å². The molecule has 1 fully saturated rings. The monoisotopic (exact) mass is 230 g/mol. The van der Waals surface area contributed by atoms with Crippen LogP contribution in [0.3, 0.4) is 0 Å². The van der Waals surface area contributed by atoms with Gasteiger partial charge in [0.1, 0.15) is 0 Å². The molecule has 1 saturated carbocycles. The van der Waals surface area contributed by atoms with E-state index in [-0.39, 0.29) is 11.3 Å². The Morgan fingerprint density at radius 3 is 2.53 bits per heavy atom. The molecule has 0 aromatic heterocycles. The Bertz CT molecular complexity index is 229. The lowest BCUT2D eigenvalue weighted by atomic mass is 10.0. The minimum Gasteiger partial charge on any atom is -0.341 e. The Labute approximate surface area is 96.8 Å². The van der Waals surface area contributed by atoms with Gasteiger partial charge in [0.2, 0.25) is 5.91 Å². The van der Waals surface area contributed by atoms with Crippen LogP contribution in [0.15, 0.2) is 0 Å². The molecule has 1 atom stereocenters. The minimum absolute atomic E-state index is 0.194. The second-order valence-corrected chi connectivity index (χ2v) is 5.33. The van der Waals surface area contributed by atoms with Crippen molar-refractivity contribution in [3.8, 4) is 0 Å². The average Bonchev–Trinajstić information content (AvgIpc) is 3.04. The van der Waals surface area contributed by atoms with Crippen LogP contribution in [-0.2, 0) is 4.79 Å². The maximum atomic E-state index is 12.2. The number of nitrogens with zero attached hydrogens (tertiary/aromatic N) is 1. The van der Waals surface area contributed by atoms with E-state index in [0.29, 0.717) is 12.6 Å². The molecule has 3 nitrogen and oxygen atoms in total. The summed E-state index contributed by atoms with van der Waals surface area (Å²) in [6, 6.07) is 0.358. The lowest BCUT2D eigenvalue weighted by Crippen LogP contribution is -2.44. The van der Waals surface area contributed by atoms with E-state index < -0.39 is 0 Å². The Morgan fingerprint density at radius 2 is 2.20 bits per heavy atom. The van der Waals surface area contributed by atoms with E-state index >= 15 is 0 Å². The summed E-state index contributed by atoms with van der Waals surface area (Å²) >= 11 is 1.79. The van der Waals surface area contributed by atoms with Crippen LogP contribution in [0.1, 0.15) is 26.2 Å². The summed E-state index contributed by atoms with van der Waals surface area (Å²) in [6.07, 6.45) is 5.05. The summed E-state index contributed by atoms with van der Waals surface area (Å²) in [5, 5.41) is 0. The van der Waals surface area contributed by atoms with Crippen LogP contribution in [0, 0.1) is 5.41 Å². The molecule has 1 unspecified atom stereocenters. The fourth-order valence-electron chi connectivity index (χ4n) is 1.89. The first-order valence-corrected chi connectivity index (χ1v) is 6.97. The first-order valence-electron chi connectivity index (χ1n) is 5.57. The highest BCUT2D eigenvalue weighted by atomic mass is 32.2. The van der Waals surface area contributed by atoms with Gasteiger partial charge in [-0.15, -0.1) is 0 Å². The van der Waals surface area contributed by atoms with Crippen LogP contribution in [0.2, 0.25) is 0 Å². The molecule has 0 aliphatic heterocycles. The van der Waals surface area contributed by atoms with Crippen molar-refractivity contribution in [2.75, 3.05) is 25.6 Å². The molecule has 0 heterocycles. The third-order valence-electron chi connectivity index (χ3n) is 3.40. The van der Waals surface area contributed by atoms with Crippen molar-refractivity contribution in [1.29, 1.82) is 0 Å². The lowest BCUT2D eigenvalue weighted by Gasteiger charge is -2.30. The third-order valence-corrected chi connectivity index (χ3v) is 4.11. The maximum Gasteiger partial charge on any atom is 0.230 e. The molecule has 0 bridgehead atoms. The fourth-order valence-corrected chi connectivity index (χ4v) is 2.74. The van der Waals surface area contributed by atoms with Crippen LogP contribution in [0.4, 0.5) is 0 Å². The molecule has 4 heteroatoms. The smallest absolute Gasteiger partial charge is 0.230 e. The summed E-state index contributed by atoms with van der Waals surface area (Å²) in [6.45, 7) is 2.64. The Hall–Kier alpha value is -0.220. The molecule has 0 radical (unpaired) electrons. The molecule has 1 amide bonds. The van der Waals surface area contributed by atoms with Gasteiger partial charge in [-0.05, 0) is 25.5 Å². The highest BCUT2D eigenvalue weighted by molar-refractivity contribution is 7.98. The molecule has 2 N–H and O–H groups in total. The number of nitrogens with two attached hydrogens (primary N) is 1. The van der Waals surface area contributed by atoms with E-state index in [9.17, 15) is 4.79 Å². The van der Waals surface area contributed by atoms with Crippen LogP contribution < -0.4 is 5.73 Å². The van der Waals surface area contributed by atoms with Crippen LogP contribution >= 0.6 is 11.8 Å². The summed E-state index contributed by atoms with van der Waals surface area (Å²) in [7, 11) is 1.92. The molecule has 0 aromatic rings. The molecule has 0 saturated heterocycles. The van der Waals surface area contributed by atoms with E-state index in [0.717, 1.165) is 25.0 Å². The van der Waals surface area contributed by atoms with Crippen molar-refractivity contribution in [3.63, 3.8) is 0 Å². The molecular formula is C11H22N2OS. The highest BCUT2D eigenvalue weighted by Crippen LogP contribution is 2.46. The average molecular weight is 230 g/mol. The fraction of sp³-hybridized carbons (Fsp3) is 0.909. The van der Waals surface area contributed by atoms with E-state index in [1.165, 1.54) is 0 Å². The zero-order valence-electron chi connectivity index (χ0n) is 9.95. The topological polar surface area (TPSA) is 46.3 Å². The van der Waals surface area contributed by atoms with E-state index in [2.05, 4.69) is 13.2 Å². The lowest BCUT2D eigenvalue weighted by molar-refractivity contribution is -0.137. The maximum absolute atomic E-state index is 12.2.